The van der Waals surface area contributed by atoms with Crippen molar-refractivity contribution in [1.29, 1.82) is 0 Å². The Hall–Kier alpha value is -0.820. The van der Waals surface area contributed by atoms with E-state index in [1.165, 1.54) is 24.0 Å². The van der Waals surface area contributed by atoms with Gasteiger partial charge in [0.15, 0.2) is 0 Å². The van der Waals surface area contributed by atoms with Gasteiger partial charge in [0.2, 0.25) is 0 Å². The van der Waals surface area contributed by atoms with Crippen LogP contribution in [0.1, 0.15) is 43.4 Å². The standard InChI is InChI=1S/C15H21O/c1-3-12(2)11-13-7-4-5-8-14(13)15-9-6-10-16-15/h4-5,7-8,12,15H,1,3,6,9-11H2,2H3. The summed E-state index contributed by atoms with van der Waals surface area (Å²) in [5, 5.41) is 0. The van der Waals surface area contributed by atoms with Crippen LogP contribution in [-0.2, 0) is 11.2 Å². The Balaban J connectivity index is 2.16. The Morgan fingerprint density at radius 2 is 2.25 bits per heavy atom. The zero-order chi connectivity index (χ0) is 11.4. The van der Waals surface area contributed by atoms with E-state index in [9.17, 15) is 0 Å². The minimum absolute atomic E-state index is 0.341. The first-order valence-electron chi connectivity index (χ1n) is 6.30. The van der Waals surface area contributed by atoms with Crippen molar-refractivity contribution in [3.63, 3.8) is 0 Å². The molecule has 0 saturated carbocycles. The number of hydrogen-bond donors (Lipinski definition) is 0. The molecule has 1 aliphatic heterocycles. The fourth-order valence-electron chi connectivity index (χ4n) is 2.33. The molecule has 1 aromatic carbocycles. The summed E-state index contributed by atoms with van der Waals surface area (Å²) >= 11 is 0. The lowest BCUT2D eigenvalue weighted by atomic mass is 9.92. The van der Waals surface area contributed by atoms with Gasteiger partial charge in [0.25, 0.3) is 0 Å². The lowest BCUT2D eigenvalue weighted by Gasteiger charge is -2.17. The van der Waals surface area contributed by atoms with Gasteiger partial charge in [0, 0.05) is 6.61 Å². The maximum atomic E-state index is 5.78. The maximum Gasteiger partial charge on any atom is 0.0828 e. The number of hydrogen-bond acceptors (Lipinski definition) is 1. The summed E-state index contributed by atoms with van der Waals surface area (Å²) in [5.41, 5.74) is 2.85. The van der Waals surface area contributed by atoms with Crippen molar-refractivity contribution in [2.45, 2.75) is 38.7 Å². The van der Waals surface area contributed by atoms with Crippen molar-refractivity contribution >= 4 is 0 Å². The Kier molecular flexibility index (Phi) is 4.00. The summed E-state index contributed by atoms with van der Waals surface area (Å²) in [4.78, 5) is 0. The minimum atomic E-state index is 0.341. The molecule has 2 rings (SSSR count). The second-order valence-corrected chi connectivity index (χ2v) is 4.80. The Labute approximate surface area is 98.8 Å². The fraction of sp³-hybridized carbons (Fsp3) is 0.533. The van der Waals surface area contributed by atoms with E-state index >= 15 is 0 Å². The van der Waals surface area contributed by atoms with Crippen LogP contribution in [0.2, 0.25) is 0 Å². The molecular weight excluding hydrogens is 196 g/mol. The Morgan fingerprint density at radius 3 is 2.94 bits per heavy atom. The van der Waals surface area contributed by atoms with E-state index < -0.39 is 0 Å². The van der Waals surface area contributed by atoms with Gasteiger partial charge in [-0.2, -0.15) is 0 Å². The molecule has 1 aliphatic rings. The van der Waals surface area contributed by atoms with Gasteiger partial charge in [-0.05, 0) is 36.3 Å². The van der Waals surface area contributed by atoms with Crippen LogP contribution in [0.15, 0.2) is 24.3 Å². The lowest BCUT2D eigenvalue weighted by molar-refractivity contribution is 0.111. The molecule has 1 nitrogen and oxygen atoms in total. The average molecular weight is 217 g/mol. The third-order valence-corrected chi connectivity index (χ3v) is 3.39. The quantitative estimate of drug-likeness (QED) is 0.742. The molecule has 87 valence electrons. The summed E-state index contributed by atoms with van der Waals surface area (Å²) in [5.74, 6) is 0.655. The summed E-state index contributed by atoms with van der Waals surface area (Å²) in [6.07, 6.45) is 4.84. The zero-order valence-electron chi connectivity index (χ0n) is 10.1. The van der Waals surface area contributed by atoms with Gasteiger partial charge in [0.1, 0.15) is 0 Å². The predicted octanol–water partition coefficient (Wildman–Crippen LogP) is 3.94. The molecule has 1 fully saturated rings. The van der Waals surface area contributed by atoms with Crippen LogP contribution in [0.5, 0.6) is 0 Å². The molecule has 0 spiro atoms. The van der Waals surface area contributed by atoms with Crippen LogP contribution in [-0.4, -0.2) is 6.61 Å². The SMILES string of the molecule is [CH2]CC(C)Cc1ccccc1C1CCCO1. The molecule has 1 saturated heterocycles. The molecule has 0 bridgehead atoms. The molecule has 2 atom stereocenters. The smallest absolute Gasteiger partial charge is 0.0828 e. The first kappa shape index (κ1) is 11.7. The lowest BCUT2D eigenvalue weighted by Crippen LogP contribution is -2.05. The fourth-order valence-corrected chi connectivity index (χ4v) is 2.33. The van der Waals surface area contributed by atoms with Gasteiger partial charge in [-0.15, -0.1) is 0 Å². The number of rotatable bonds is 4. The molecule has 1 aromatic rings. The highest BCUT2D eigenvalue weighted by molar-refractivity contribution is 5.30. The molecule has 2 unspecified atom stereocenters. The molecule has 1 radical (unpaired) electrons. The Bertz CT molecular complexity index is 326. The van der Waals surface area contributed by atoms with Gasteiger partial charge in [-0.25, -0.2) is 0 Å². The van der Waals surface area contributed by atoms with E-state index in [-0.39, 0.29) is 0 Å². The summed E-state index contributed by atoms with van der Waals surface area (Å²) in [7, 11) is 0. The highest BCUT2D eigenvalue weighted by Gasteiger charge is 2.20. The molecule has 16 heavy (non-hydrogen) atoms. The van der Waals surface area contributed by atoms with Gasteiger partial charge >= 0.3 is 0 Å². The summed E-state index contributed by atoms with van der Waals surface area (Å²) < 4.78 is 5.78. The van der Waals surface area contributed by atoms with Crippen LogP contribution in [0, 0.1) is 12.8 Å². The molecule has 1 heteroatoms. The van der Waals surface area contributed by atoms with E-state index in [0.717, 1.165) is 19.4 Å². The molecule has 0 aliphatic carbocycles. The average Bonchev–Trinajstić information content (AvgIpc) is 2.83. The van der Waals surface area contributed by atoms with Gasteiger partial charge < -0.3 is 4.74 Å². The van der Waals surface area contributed by atoms with Crippen LogP contribution in [0.25, 0.3) is 0 Å². The zero-order valence-corrected chi connectivity index (χ0v) is 10.1. The molecule has 0 N–H and O–H groups in total. The molecule has 1 heterocycles. The van der Waals surface area contributed by atoms with Crippen molar-refractivity contribution < 1.29 is 4.74 Å². The largest absolute Gasteiger partial charge is 0.374 e. The van der Waals surface area contributed by atoms with Gasteiger partial charge in [-0.1, -0.05) is 44.5 Å². The van der Waals surface area contributed by atoms with E-state index in [1.54, 1.807) is 0 Å². The molecule has 0 amide bonds. The predicted molar refractivity (Wildman–Crippen MR) is 67.2 cm³/mol. The number of benzene rings is 1. The van der Waals surface area contributed by atoms with E-state index in [2.05, 4.69) is 38.1 Å². The first-order valence-corrected chi connectivity index (χ1v) is 6.30. The van der Waals surface area contributed by atoms with E-state index in [1.807, 2.05) is 0 Å². The minimum Gasteiger partial charge on any atom is -0.374 e. The van der Waals surface area contributed by atoms with Crippen molar-refractivity contribution in [2.75, 3.05) is 6.61 Å². The summed E-state index contributed by atoms with van der Waals surface area (Å²) in [6, 6.07) is 8.71. The first-order chi connectivity index (χ1) is 7.81. The second kappa shape index (κ2) is 5.49. The Morgan fingerprint density at radius 1 is 1.44 bits per heavy atom. The highest BCUT2D eigenvalue weighted by Crippen LogP contribution is 2.31. The monoisotopic (exact) mass is 217 g/mol. The van der Waals surface area contributed by atoms with Crippen LogP contribution < -0.4 is 0 Å². The van der Waals surface area contributed by atoms with Crippen LogP contribution in [0.4, 0.5) is 0 Å². The van der Waals surface area contributed by atoms with Crippen molar-refractivity contribution in [1.82, 2.24) is 0 Å². The topological polar surface area (TPSA) is 9.23 Å². The maximum absolute atomic E-state index is 5.78. The highest BCUT2D eigenvalue weighted by atomic mass is 16.5. The second-order valence-electron chi connectivity index (χ2n) is 4.80. The van der Waals surface area contributed by atoms with Crippen molar-refractivity contribution in [3.05, 3.63) is 42.3 Å². The van der Waals surface area contributed by atoms with Crippen LogP contribution >= 0.6 is 0 Å². The van der Waals surface area contributed by atoms with Crippen molar-refractivity contribution in [2.24, 2.45) is 5.92 Å². The van der Waals surface area contributed by atoms with Crippen molar-refractivity contribution in [3.8, 4) is 0 Å². The normalized spacial score (nSPS) is 22.2. The van der Waals surface area contributed by atoms with Gasteiger partial charge in [-0.3, -0.25) is 0 Å². The third kappa shape index (κ3) is 2.65. The van der Waals surface area contributed by atoms with E-state index in [0.29, 0.717) is 12.0 Å². The number of ether oxygens (including phenoxy) is 1. The van der Waals surface area contributed by atoms with Crippen LogP contribution in [0.3, 0.4) is 0 Å². The van der Waals surface area contributed by atoms with Gasteiger partial charge in [0.05, 0.1) is 6.10 Å². The molecular formula is C15H21O. The third-order valence-electron chi connectivity index (χ3n) is 3.39. The summed E-state index contributed by atoms with van der Waals surface area (Å²) in [6.45, 7) is 7.16. The molecule has 0 aromatic heterocycles. The van der Waals surface area contributed by atoms with E-state index in [4.69, 9.17) is 4.74 Å².